The first-order valence-electron chi connectivity index (χ1n) is 6.41. The van der Waals surface area contributed by atoms with Gasteiger partial charge in [-0.3, -0.25) is 9.59 Å². The van der Waals surface area contributed by atoms with E-state index in [2.05, 4.69) is 10.1 Å². The van der Waals surface area contributed by atoms with E-state index in [4.69, 9.17) is 10.8 Å². The first-order valence-corrected chi connectivity index (χ1v) is 6.41. The topological polar surface area (TPSA) is 119 Å². The van der Waals surface area contributed by atoms with Gasteiger partial charge in [0.25, 0.3) is 0 Å². The van der Waals surface area contributed by atoms with Gasteiger partial charge in [0.1, 0.15) is 0 Å². The molecule has 0 aromatic carbocycles. The van der Waals surface area contributed by atoms with Crippen molar-refractivity contribution in [2.45, 2.75) is 44.7 Å². The molecule has 0 spiro atoms. The number of carbonyl (C=O) groups excluding carboxylic acids is 2. The molecule has 4 N–H and O–H groups in total. The summed E-state index contributed by atoms with van der Waals surface area (Å²) in [7, 11) is 0. The number of nitrogens with one attached hydrogen (secondary N) is 1. The SMILES string of the molecule is CCOC(=O)C(N)C(=O)NC1CCC(C(=O)O)CC1. The highest BCUT2D eigenvalue weighted by atomic mass is 16.5. The van der Waals surface area contributed by atoms with Crippen LogP contribution in [0.15, 0.2) is 0 Å². The van der Waals surface area contributed by atoms with Gasteiger partial charge in [0, 0.05) is 6.04 Å². The average Bonchev–Trinajstić information content (AvgIpc) is 2.38. The Hall–Kier alpha value is -1.63. The van der Waals surface area contributed by atoms with E-state index in [0.717, 1.165) is 0 Å². The number of carbonyl (C=O) groups is 3. The molecule has 1 aliphatic rings. The van der Waals surface area contributed by atoms with E-state index in [-0.39, 0.29) is 18.6 Å². The van der Waals surface area contributed by atoms with Crippen molar-refractivity contribution < 1.29 is 24.2 Å². The van der Waals surface area contributed by atoms with Crippen LogP contribution in [0, 0.1) is 5.92 Å². The maximum Gasteiger partial charge on any atom is 0.332 e. The van der Waals surface area contributed by atoms with Crippen molar-refractivity contribution in [3.63, 3.8) is 0 Å². The maximum absolute atomic E-state index is 11.7. The van der Waals surface area contributed by atoms with Gasteiger partial charge >= 0.3 is 11.9 Å². The molecule has 19 heavy (non-hydrogen) atoms. The van der Waals surface area contributed by atoms with Gasteiger partial charge in [-0.05, 0) is 32.6 Å². The minimum Gasteiger partial charge on any atom is -0.481 e. The van der Waals surface area contributed by atoms with Crippen LogP contribution >= 0.6 is 0 Å². The van der Waals surface area contributed by atoms with Crippen LogP contribution in [0.2, 0.25) is 0 Å². The zero-order chi connectivity index (χ0) is 14.4. The lowest BCUT2D eigenvalue weighted by molar-refractivity contribution is -0.148. The molecule has 1 saturated carbocycles. The summed E-state index contributed by atoms with van der Waals surface area (Å²) < 4.78 is 4.66. The van der Waals surface area contributed by atoms with E-state index in [1.807, 2.05) is 0 Å². The Kier molecular flexibility index (Phi) is 5.75. The molecule has 0 saturated heterocycles. The number of hydrogen-bond donors (Lipinski definition) is 3. The fourth-order valence-electron chi connectivity index (χ4n) is 2.11. The number of rotatable bonds is 5. The van der Waals surface area contributed by atoms with Crippen molar-refractivity contribution in [2.75, 3.05) is 6.61 Å². The third-order valence-corrected chi connectivity index (χ3v) is 3.25. The van der Waals surface area contributed by atoms with Gasteiger partial charge in [-0.15, -0.1) is 0 Å². The predicted molar refractivity (Wildman–Crippen MR) is 66.1 cm³/mol. The summed E-state index contributed by atoms with van der Waals surface area (Å²) in [6.07, 6.45) is 2.21. The normalized spacial score (nSPS) is 24.3. The summed E-state index contributed by atoms with van der Waals surface area (Å²) in [5.41, 5.74) is 5.46. The number of carboxylic acids is 1. The van der Waals surface area contributed by atoms with E-state index in [9.17, 15) is 14.4 Å². The van der Waals surface area contributed by atoms with Crippen molar-refractivity contribution in [2.24, 2.45) is 11.7 Å². The van der Waals surface area contributed by atoms with E-state index in [1.165, 1.54) is 0 Å². The lowest BCUT2D eigenvalue weighted by Gasteiger charge is -2.27. The van der Waals surface area contributed by atoms with Gasteiger partial charge in [0.2, 0.25) is 5.91 Å². The summed E-state index contributed by atoms with van der Waals surface area (Å²) in [5, 5.41) is 11.5. The fraction of sp³-hybridized carbons (Fsp3) is 0.750. The van der Waals surface area contributed by atoms with Gasteiger partial charge in [0.05, 0.1) is 12.5 Å². The molecule has 1 amide bonds. The molecule has 1 fully saturated rings. The highest BCUT2D eigenvalue weighted by molar-refractivity contribution is 6.01. The quantitative estimate of drug-likeness (QED) is 0.464. The molecule has 1 unspecified atom stereocenters. The van der Waals surface area contributed by atoms with Gasteiger partial charge in [-0.1, -0.05) is 0 Å². The third kappa shape index (κ3) is 4.51. The molecule has 0 aromatic rings. The van der Waals surface area contributed by atoms with Crippen molar-refractivity contribution >= 4 is 17.8 Å². The average molecular weight is 272 g/mol. The molecule has 0 radical (unpaired) electrons. The molecule has 108 valence electrons. The number of hydrogen-bond acceptors (Lipinski definition) is 5. The summed E-state index contributed by atoms with van der Waals surface area (Å²) in [5.74, 6) is -2.46. The first kappa shape index (κ1) is 15.4. The second-order valence-electron chi connectivity index (χ2n) is 4.63. The molecule has 0 aliphatic heterocycles. The van der Waals surface area contributed by atoms with Crippen LogP contribution in [-0.4, -0.2) is 41.6 Å². The third-order valence-electron chi connectivity index (χ3n) is 3.25. The highest BCUT2D eigenvalue weighted by Gasteiger charge is 2.29. The van der Waals surface area contributed by atoms with Crippen molar-refractivity contribution in [1.82, 2.24) is 5.32 Å². The van der Waals surface area contributed by atoms with Crippen LogP contribution in [0.4, 0.5) is 0 Å². The van der Waals surface area contributed by atoms with Crippen molar-refractivity contribution in [1.29, 1.82) is 0 Å². The Bertz CT molecular complexity index is 350. The van der Waals surface area contributed by atoms with Crippen LogP contribution < -0.4 is 11.1 Å². The second-order valence-corrected chi connectivity index (χ2v) is 4.63. The van der Waals surface area contributed by atoms with E-state index >= 15 is 0 Å². The lowest BCUT2D eigenvalue weighted by Crippen LogP contribution is -2.50. The molecular weight excluding hydrogens is 252 g/mol. The molecule has 7 nitrogen and oxygen atoms in total. The zero-order valence-electron chi connectivity index (χ0n) is 10.9. The van der Waals surface area contributed by atoms with Gasteiger partial charge in [-0.25, -0.2) is 4.79 Å². The van der Waals surface area contributed by atoms with E-state index < -0.39 is 23.9 Å². The number of ether oxygens (including phenoxy) is 1. The number of amides is 1. The Labute approximate surface area is 111 Å². The summed E-state index contributed by atoms with van der Waals surface area (Å²) in [6, 6.07) is -1.44. The Morgan fingerprint density at radius 3 is 2.37 bits per heavy atom. The Morgan fingerprint density at radius 1 is 1.32 bits per heavy atom. The Balaban J connectivity index is 2.38. The second kappa shape index (κ2) is 7.08. The number of aliphatic carboxylic acids is 1. The molecular formula is C12H20N2O5. The lowest BCUT2D eigenvalue weighted by atomic mass is 9.86. The zero-order valence-corrected chi connectivity index (χ0v) is 10.9. The largest absolute Gasteiger partial charge is 0.481 e. The summed E-state index contributed by atoms with van der Waals surface area (Å²) >= 11 is 0. The van der Waals surface area contributed by atoms with Crippen LogP contribution in [-0.2, 0) is 19.1 Å². The van der Waals surface area contributed by atoms with E-state index in [0.29, 0.717) is 25.7 Å². The molecule has 0 aromatic heterocycles. The Morgan fingerprint density at radius 2 is 1.89 bits per heavy atom. The van der Waals surface area contributed by atoms with Crippen LogP contribution in [0.3, 0.4) is 0 Å². The van der Waals surface area contributed by atoms with Gasteiger partial charge in [-0.2, -0.15) is 0 Å². The fourth-order valence-corrected chi connectivity index (χ4v) is 2.11. The molecule has 1 atom stereocenters. The highest BCUT2D eigenvalue weighted by Crippen LogP contribution is 2.24. The summed E-state index contributed by atoms with van der Waals surface area (Å²) in [4.78, 5) is 33.8. The van der Waals surface area contributed by atoms with Crippen LogP contribution in [0.25, 0.3) is 0 Å². The molecule has 7 heteroatoms. The van der Waals surface area contributed by atoms with Gasteiger partial charge in [0.15, 0.2) is 6.04 Å². The van der Waals surface area contributed by atoms with E-state index in [1.54, 1.807) is 6.92 Å². The molecule has 0 bridgehead atoms. The monoisotopic (exact) mass is 272 g/mol. The van der Waals surface area contributed by atoms with Crippen molar-refractivity contribution in [3.8, 4) is 0 Å². The number of carboxylic acid groups (broad SMARTS) is 1. The van der Waals surface area contributed by atoms with Crippen molar-refractivity contribution in [3.05, 3.63) is 0 Å². The predicted octanol–water partition coefficient (Wildman–Crippen LogP) is -0.364. The molecule has 0 heterocycles. The number of esters is 1. The summed E-state index contributed by atoms with van der Waals surface area (Å²) in [6.45, 7) is 1.80. The first-order chi connectivity index (χ1) is 8.95. The van der Waals surface area contributed by atoms with Crippen LogP contribution in [0.5, 0.6) is 0 Å². The van der Waals surface area contributed by atoms with Gasteiger partial charge < -0.3 is 20.9 Å². The molecule has 1 aliphatic carbocycles. The van der Waals surface area contributed by atoms with Crippen LogP contribution in [0.1, 0.15) is 32.6 Å². The number of nitrogens with two attached hydrogens (primary N) is 1. The standard InChI is InChI=1S/C12H20N2O5/c1-2-19-12(18)9(13)10(15)14-8-5-3-7(4-6-8)11(16)17/h7-9H,2-6,13H2,1H3,(H,14,15)(H,16,17). The minimum absolute atomic E-state index is 0.122. The molecule has 1 rings (SSSR count). The maximum atomic E-state index is 11.7. The minimum atomic E-state index is -1.32. The smallest absolute Gasteiger partial charge is 0.332 e.